The molecular formula is C14H25N5OS. The Morgan fingerprint density at radius 2 is 2.14 bits per heavy atom. The molecule has 4 N–H and O–H groups in total. The number of thiazole rings is 1. The van der Waals surface area contributed by atoms with Crippen LogP contribution in [-0.4, -0.2) is 42.6 Å². The van der Waals surface area contributed by atoms with Gasteiger partial charge in [-0.3, -0.25) is 4.79 Å². The Balaban J connectivity index is 2.09. The van der Waals surface area contributed by atoms with E-state index >= 15 is 0 Å². The lowest BCUT2D eigenvalue weighted by molar-refractivity contribution is 0.0914. The molecule has 0 aliphatic carbocycles. The largest absolute Gasteiger partial charge is 0.382 e. The molecule has 0 bridgehead atoms. The second kappa shape index (κ2) is 6.62. The summed E-state index contributed by atoms with van der Waals surface area (Å²) >= 11 is 1.38. The lowest BCUT2D eigenvalue weighted by Gasteiger charge is -2.26. The number of nitrogens with one attached hydrogen (secondary N) is 2. The predicted molar refractivity (Wildman–Crippen MR) is 88.1 cm³/mol. The van der Waals surface area contributed by atoms with Gasteiger partial charge in [-0.1, -0.05) is 24.7 Å². The fourth-order valence-corrected chi connectivity index (χ4v) is 3.46. The average molecular weight is 311 g/mol. The minimum atomic E-state index is -0.225. The van der Waals surface area contributed by atoms with Gasteiger partial charge < -0.3 is 21.3 Å². The second-order valence-electron chi connectivity index (χ2n) is 6.04. The number of carbonyl (C=O) groups is 1. The van der Waals surface area contributed by atoms with Crippen LogP contribution in [0.25, 0.3) is 0 Å². The van der Waals surface area contributed by atoms with E-state index in [1.165, 1.54) is 11.3 Å². The molecule has 1 aliphatic rings. The number of carbonyl (C=O) groups excluding carboxylic acids is 1. The van der Waals surface area contributed by atoms with Crippen molar-refractivity contribution in [3.05, 3.63) is 4.88 Å². The fraction of sp³-hybridized carbons (Fsp3) is 0.714. The molecule has 2 rings (SSSR count). The summed E-state index contributed by atoms with van der Waals surface area (Å²) in [6.45, 7) is 9.84. The van der Waals surface area contributed by atoms with E-state index in [9.17, 15) is 4.79 Å². The highest BCUT2D eigenvalue weighted by Crippen LogP contribution is 2.29. The lowest BCUT2D eigenvalue weighted by atomic mass is 9.99. The number of aromatic nitrogens is 1. The van der Waals surface area contributed by atoms with Crippen molar-refractivity contribution < 1.29 is 4.79 Å². The molecular weight excluding hydrogens is 286 g/mol. The molecule has 0 unspecified atom stereocenters. The first kappa shape index (κ1) is 16.0. The van der Waals surface area contributed by atoms with Crippen molar-refractivity contribution in [1.82, 2.24) is 15.6 Å². The zero-order chi connectivity index (χ0) is 15.5. The summed E-state index contributed by atoms with van der Waals surface area (Å²) in [7, 11) is 0. The number of amides is 1. The molecule has 0 atom stereocenters. The Morgan fingerprint density at radius 3 is 2.76 bits per heavy atom. The van der Waals surface area contributed by atoms with Crippen LogP contribution in [0.3, 0.4) is 0 Å². The number of anilines is 2. The van der Waals surface area contributed by atoms with Gasteiger partial charge >= 0.3 is 0 Å². The van der Waals surface area contributed by atoms with Gasteiger partial charge in [0, 0.05) is 31.7 Å². The van der Waals surface area contributed by atoms with Gasteiger partial charge in [-0.15, -0.1) is 0 Å². The molecule has 1 saturated heterocycles. The van der Waals surface area contributed by atoms with Crippen LogP contribution in [0.1, 0.15) is 43.3 Å². The molecule has 0 radical (unpaired) electrons. The van der Waals surface area contributed by atoms with Gasteiger partial charge in [0.05, 0.1) is 0 Å². The highest BCUT2D eigenvalue weighted by atomic mass is 32.1. The minimum Gasteiger partial charge on any atom is -0.382 e. The molecule has 6 nitrogen and oxygen atoms in total. The highest BCUT2D eigenvalue weighted by molar-refractivity contribution is 7.18. The number of nitrogen functional groups attached to an aromatic ring is 1. The van der Waals surface area contributed by atoms with E-state index in [1.54, 1.807) is 0 Å². The van der Waals surface area contributed by atoms with Gasteiger partial charge in [0.15, 0.2) is 5.13 Å². The lowest BCUT2D eigenvalue weighted by Crippen LogP contribution is -2.43. The van der Waals surface area contributed by atoms with Gasteiger partial charge in [-0.2, -0.15) is 0 Å². The van der Waals surface area contributed by atoms with Crippen LogP contribution in [0.4, 0.5) is 10.9 Å². The Labute approximate surface area is 130 Å². The molecule has 2 heterocycles. The Bertz CT molecular complexity index is 494. The van der Waals surface area contributed by atoms with E-state index in [4.69, 9.17) is 5.73 Å². The fourth-order valence-electron chi connectivity index (χ4n) is 2.53. The van der Waals surface area contributed by atoms with Crippen LogP contribution in [0, 0.1) is 0 Å². The molecule has 7 heteroatoms. The average Bonchev–Trinajstić information content (AvgIpc) is 2.81. The van der Waals surface area contributed by atoms with Gasteiger partial charge in [-0.25, -0.2) is 4.98 Å². The topological polar surface area (TPSA) is 83.3 Å². The number of piperazine rings is 1. The van der Waals surface area contributed by atoms with Crippen LogP contribution in [-0.2, 0) is 0 Å². The maximum atomic E-state index is 12.4. The minimum absolute atomic E-state index is 0.121. The third-order valence-corrected chi connectivity index (χ3v) is 4.69. The van der Waals surface area contributed by atoms with Crippen molar-refractivity contribution in [3.8, 4) is 0 Å². The first-order valence-electron chi connectivity index (χ1n) is 7.47. The van der Waals surface area contributed by atoms with Crippen LogP contribution in [0.5, 0.6) is 0 Å². The zero-order valence-corrected chi connectivity index (χ0v) is 13.8. The van der Waals surface area contributed by atoms with E-state index in [2.05, 4.69) is 27.4 Å². The van der Waals surface area contributed by atoms with E-state index in [-0.39, 0.29) is 11.4 Å². The van der Waals surface area contributed by atoms with Crippen LogP contribution in [0.15, 0.2) is 0 Å². The number of hydrogen-bond donors (Lipinski definition) is 3. The van der Waals surface area contributed by atoms with Crippen LogP contribution in [0.2, 0.25) is 0 Å². The first-order valence-corrected chi connectivity index (χ1v) is 8.29. The molecule has 0 spiro atoms. The maximum absolute atomic E-state index is 12.4. The highest BCUT2D eigenvalue weighted by Gasteiger charge is 2.25. The molecule has 0 saturated carbocycles. The second-order valence-corrected chi connectivity index (χ2v) is 7.01. The van der Waals surface area contributed by atoms with E-state index in [1.807, 2.05) is 13.8 Å². The van der Waals surface area contributed by atoms with Crippen molar-refractivity contribution in [2.75, 3.05) is 36.8 Å². The van der Waals surface area contributed by atoms with E-state index in [0.717, 1.165) is 44.2 Å². The quantitative estimate of drug-likeness (QED) is 0.766. The SMILES string of the molecule is CCCC(C)(C)NC(=O)c1sc(N2CCNCC2)nc1N. The molecule has 1 amide bonds. The maximum Gasteiger partial charge on any atom is 0.265 e. The summed E-state index contributed by atoms with van der Waals surface area (Å²) in [5, 5.41) is 7.19. The molecule has 1 fully saturated rings. The van der Waals surface area contributed by atoms with E-state index < -0.39 is 0 Å². The van der Waals surface area contributed by atoms with Crippen molar-refractivity contribution in [1.29, 1.82) is 0 Å². The number of nitrogens with two attached hydrogens (primary N) is 1. The third kappa shape index (κ3) is 4.07. The number of nitrogens with zero attached hydrogens (tertiary/aromatic N) is 2. The Hall–Kier alpha value is -1.34. The van der Waals surface area contributed by atoms with Crippen molar-refractivity contribution in [3.63, 3.8) is 0 Å². The van der Waals surface area contributed by atoms with Gasteiger partial charge in [0.2, 0.25) is 0 Å². The molecule has 118 valence electrons. The summed E-state index contributed by atoms with van der Waals surface area (Å²) in [5.41, 5.74) is 5.71. The number of hydrogen-bond acceptors (Lipinski definition) is 6. The van der Waals surface area contributed by atoms with Gasteiger partial charge in [0.25, 0.3) is 5.91 Å². The van der Waals surface area contributed by atoms with Gasteiger partial charge in [-0.05, 0) is 20.3 Å². The molecule has 1 aromatic rings. The summed E-state index contributed by atoms with van der Waals surface area (Å²) in [6, 6.07) is 0. The first-order chi connectivity index (χ1) is 9.93. The zero-order valence-electron chi connectivity index (χ0n) is 13.0. The Morgan fingerprint density at radius 1 is 1.48 bits per heavy atom. The molecule has 0 aromatic carbocycles. The predicted octanol–water partition coefficient (Wildman–Crippen LogP) is 1.44. The molecule has 1 aromatic heterocycles. The Kier molecular flexibility index (Phi) is 5.05. The standard InChI is InChI=1S/C14H25N5OS/c1-4-5-14(2,3)18-12(20)10-11(15)17-13(21-10)19-8-6-16-7-9-19/h16H,4-9,15H2,1-3H3,(H,18,20). The van der Waals surface area contributed by atoms with Gasteiger partial charge in [0.1, 0.15) is 10.7 Å². The van der Waals surface area contributed by atoms with Crippen molar-refractivity contribution in [2.45, 2.75) is 39.2 Å². The summed E-state index contributed by atoms with van der Waals surface area (Å²) < 4.78 is 0. The van der Waals surface area contributed by atoms with Crippen LogP contribution < -0.4 is 21.3 Å². The van der Waals surface area contributed by atoms with Crippen LogP contribution >= 0.6 is 11.3 Å². The summed E-state index contributed by atoms with van der Waals surface area (Å²) in [5.74, 6) is 0.211. The summed E-state index contributed by atoms with van der Waals surface area (Å²) in [6.07, 6.45) is 1.96. The molecule has 21 heavy (non-hydrogen) atoms. The smallest absolute Gasteiger partial charge is 0.265 e. The van der Waals surface area contributed by atoms with E-state index in [0.29, 0.717) is 10.7 Å². The monoisotopic (exact) mass is 311 g/mol. The number of rotatable bonds is 5. The normalized spacial score (nSPS) is 16.0. The molecule has 1 aliphatic heterocycles. The van der Waals surface area contributed by atoms with Crippen molar-refractivity contribution >= 4 is 28.2 Å². The summed E-state index contributed by atoms with van der Waals surface area (Å²) in [4.78, 5) is 19.5. The third-order valence-electron chi connectivity index (χ3n) is 3.56. The van der Waals surface area contributed by atoms with Crippen molar-refractivity contribution in [2.24, 2.45) is 0 Å².